The van der Waals surface area contributed by atoms with E-state index in [9.17, 15) is 0 Å². The third kappa shape index (κ3) is 4.26. The molecule has 2 aromatic carbocycles. The van der Waals surface area contributed by atoms with Crippen LogP contribution in [0, 0.1) is 11.3 Å². The van der Waals surface area contributed by atoms with Crippen molar-refractivity contribution < 1.29 is 14.2 Å². The number of fused-ring (bicyclic) bond motifs is 5. The number of hydrogen-bond donors (Lipinski definition) is 1. The molecule has 3 aromatic heterocycles. The van der Waals surface area contributed by atoms with Gasteiger partial charge in [-0.25, -0.2) is 9.97 Å². The zero-order chi connectivity index (χ0) is 28.5. The van der Waals surface area contributed by atoms with Crippen LogP contribution in [-0.2, 0) is 22.4 Å². The Kier molecular flexibility index (Phi) is 5.85. The van der Waals surface area contributed by atoms with Gasteiger partial charge < -0.3 is 24.1 Å². The molecule has 8 rings (SSSR count). The van der Waals surface area contributed by atoms with E-state index < -0.39 is 5.79 Å². The van der Waals surface area contributed by atoms with Crippen molar-refractivity contribution in [2.24, 2.45) is 11.3 Å². The Bertz CT molecular complexity index is 1780. The van der Waals surface area contributed by atoms with Crippen LogP contribution in [0.25, 0.3) is 21.9 Å². The summed E-state index contributed by atoms with van der Waals surface area (Å²) < 4.78 is 20.8. The fourth-order valence-corrected chi connectivity index (χ4v) is 7.59. The first-order chi connectivity index (χ1) is 20.4. The van der Waals surface area contributed by atoms with Crippen LogP contribution in [0.15, 0.2) is 85.2 Å². The van der Waals surface area contributed by atoms with E-state index in [4.69, 9.17) is 24.2 Å². The van der Waals surface area contributed by atoms with Crippen molar-refractivity contribution in [3.8, 4) is 5.75 Å². The van der Waals surface area contributed by atoms with Crippen molar-refractivity contribution in [1.82, 2.24) is 14.5 Å². The van der Waals surface area contributed by atoms with Gasteiger partial charge in [0.05, 0.1) is 24.8 Å². The molecule has 2 saturated carbocycles. The van der Waals surface area contributed by atoms with Gasteiger partial charge in [-0.05, 0) is 98.7 Å². The van der Waals surface area contributed by atoms with Crippen LogP contribution in [0.3, 0.4) is 0 Å². The van der Waals surface area contributed by atoms with E-state index >= 15 is 0 Å². The summed E-state index contributed by atoms with van der Waals surface area (Å²) in [6, 6.07) is 25.6. The maximum absolute atomic E-state index is 6.64. The van der Waals surface area contributed by atoms with Gasteiger partial charge in [0.2, 0.25) is 0 Å². The van der Waals surface area contributed by atoms with Crippen LogP contribution < -0.4 is 10.1 Å². The first-order valence-corrected chi connectivity index (χ1v) is 15.0. The second kappa shape index (κ2) is 9.54. The summed E-state index contributed by atoms with van der Waals surface area (Å²) in [5.41, 5.74) is 4.68. The van der Waals surface area contributed by atoms with Crippen LogP contribution >= 0.6 is 0 Å². The van der Waals surface area contributed by atoms with Crippen molar-refractivity contribution in [2.75, 3.05) is 12.4 Å². The molecule has 0 amide bonds. The Morgan fingerprint density at radius 1 is 0.976 bits per heavy atom. The van der Waals surface area contributed by atoms with Gasteiger partial charge in [-0.1, -0.05) is 24.3 Å². The summed E-state index contributed by atoms with van der Waals surface area (Å²) in [6.45, 7) is 4.81. The molecule has 3 aliphatic rings. The molecule has 1 aliphatic heterocycles. The number of hydrogen-bond acceptors (Lipinski definition) is 6. The minimum absolute atomic E-state index is 0.0361. The lowest BCUT2D eigenvalue weighted by Gasteiger charge is -2.24. The van der Waals surface area contributed by atoms with Crippen LogP contribution in [0.5, 0.6) is 5.75 Å². The number of aromatic nitrogens is 3. The van der Waals surface area contributed by atoms with Gasteiger partial charge >= 0.3 is 0 Å². The number of nitrogens with zero attached hydrogens (tertiary/aromatic N) is 3. The molecule has 5 atom stereocenters. The van der Waals surface area contributed by atoms with Gasteiger partial charge in [0, 0.05) is 35.1 Å². The lowest BCUT2D eigenvalue weighted by atomic mass is 9.91. The highest BCUT2D eigenvalue weighted by Crippen LogP contribution is 2.73. The van der Waals surface area contributed by atoms with Crippen LogP contribution in [0.4, 0.5) is 5.82 Å². The predicted molar refractivity (Wildman–Crippen MR) is 164 cm³/mol. The van der Waals surface area contributed by atoms with Gasteiger partial charge in [0.25, 0.3) is 0 Å². The Morgan fingerprint density at radius 2 is 1.81 bits per heavy atom. The summed E-state index contributed by atoms with van der Waals surface area (Å²) in [5.74, 6) is 1.69. The number of methoxy groups -OCH3 is 1. The minimum atomic E-state index is -0.577. The molecule has 1 N–H and O–H groups in total. The van der Waals surface area contributed by atoms with Gasteiger partial charge in [0.1, 0.15) is 23.3 Å². The molecule has 3 fully saturated rings. The van der Waals surface area contributed by atoms with Crippen molar-refractivity contribution >= 4 is 27.8 Å². The molecule has 7 heteroatoms. The standard InChI is InChI=1S/C35H36N4O3/c1-34(2)41-31-30(39-18-15-25-5-4-17-36-33(25)39)27-20-35(27,32(31)42-34)16-14-22-6-9-24-10-13-29(38-28(24)19-22)37-21-23-7-11-26(40-3)12-8-23/h4-13,15,17-19,27,30-32H,14,16,20-21H2,1-3H3,(H,37,38)/t27-,30-,31+,32+,35-/m1/s1. The highest BCUT2D eigenvalue weighted by molar-refractivity contribution is 5.81. The van der Waals surface area contributed by atoms with E-state index in [1.54, 1.807) is 7.11 Å². The molecule has 0 spiro atoms. The Labute approximate surface area is 245 Å². The molecule has 214 valence electrons. The number of anilines is 1. The van der Waals surface area contributed by atoms with E-state index in [-0.39, 0.29) is 23.7 Å². The number of benzene rings is 2. The Hall–Kier alpha value is -3.94. The topological polar surface area (TPSA) is 70.4 Å². The molecule has 0 bridgehead atoms. The van der Waals surface area contributed by atoms with Crippen molar-refractivity contribution in [2.45, 2.75) is 63.7 Å². The number of pyridine rings is 2. The molecule has 4 heterocycles. The number of nitrogens with one attached hydrogen (secondary N) is 1. The molecule has 0 radical (unpaired) electrons. The number of aryl methyl sites for hydroxylation is 1. The largest absolute Gasteiger partial charge is 0.497 e. The Morgan fingerprint density at radius 3 is 2.67 bits per heavy atom. The van der Waals surface area contributed by atoms with Crippen molar-refractivity contribution in [3.05, 3.63) is 96.3 Å². The highest BCUT2D eigenvalue weighted by atomic mass is 16.8. The summed E-state index contributed by atoms with van der Waals surface area (Å²) in [6.07, 6.45) is 7.43. The molecule has 0 unspecified atom stereocenters. The van der Waals surface area contributed by atoms with Crippen LogP contribution in [0.2, 0.25) is 0 Å². The summed E-state index contributed by atoms with van der Waals surface area (Å²) in [5, 5.41) is 5.80. The number of ether oxygens (including phenoxy) is 3. The molecular formula is C35H36N4O3. The van der Waals surface area contributed by atoms with Gasteiger partial charge in [-0.15, -0.1) is 0 Å². The summed E-state index contributed by atoms with van der Waals surface area (Å²) in [7, 11) is 1.69. The van der Waals surface area contributed by atoms with Crippen LogP contribution in [0.1, 0.15) is 43.9 Å². The van der Waals surface area contributed by atoms with Gasteiger partial charge in [-0.2, -0.15) is 0 Å². The summed E-state index contributed by atoms with van der Waals surface area (Å²) >= 11 is 0. The molecule has 5 aromatic rings. The van der Waals surface area contributed by atoms with E-state index in [0.29, 0.717) is 12.5 Å². The molecular weight excluding hydrogens is 524 g/mol. The van der Waals surface area contributed by atoms with Crippen molar-refractivity contribution in [3.63, 3.8) is 0 Å². The van der Waals surface area contributed by atoms with Crippen molar-refractivity contribution in [1.29, 1.82) is 0 Å². The average Bonchev–Trinajstić information content (AvgIpc) is 3.27. The maximum Gasteiger partial charge on any atom is 0.163 e. The van der Waals surface area contributed by atoms with Gasteiger partial charge in [-0.3, -0.25) is 0 Å². The van der Waals surface area contributed by atoms with Crippen LogP contribution in [-0.4, -0.2) is 39.6 Å². The fraction of sp³-hybridized carbons (Fsp3) is 0.371. The minimum Gasteiger partial charge on any atom is -0.497 e. The van der Waals surface area contributed by atoms with E-state index in [1.165, 1.54) is 16.5 Å². The predicted octanol–water partition coefficient (Wildman–Crippen LogP) is 6.92. The lowest BCUT2D eigenvalue weighted by Crippen LogP contribution is -2.32. The third-order valence-electron chi connectivity index (χ3n) is 9.69. The van der Waals surface area contributed by atoms with E-state index in [2.05, 4.69) is 84.5 Å². The second-order valence-corrected chi connectivity index (χ2v) is 12.6. The highest BCUT2D eigenvalue weighted by Gasteiger charge is 2.75. The first-order valence-electron chi connectivity index (χ1n) is 15.0. The number of rotatable bonds is 8. The monoisotopic (exact) mass is 560 g/mol. The fourth-order valence-electron chi connectivity index (χ4n) is 7.59. The normalized spacial score (nSPS) is 27.2. The quantitative estimate of drug-likeness (QED) is 0.222. The lowest BCUT2D eigenvalue weighted by molar-refractivity contribution is -0.161. The SMILES string of the molecule is COc1ccc(CNc2ccc3ccc(CC[C@@]45C[C@@H]4[C@@H](n4ccc6cccnc64)[C@@H]4OC(C)(C)O[C@@H]45)cc3n2)cc1. The Balaban J connectivity index is 1.01. The molecule has 2 aliphatic carbocycles. The zero-order valence-corrected chi connectivity index (χ0v) is 24.3. The second-order valence-electron chi connectivity index (χ2n) is 12.6. The molecule has 1 saturated heterocycles. The molecule has 7 nitrogen and oxygen atoms in total. The van der Waals surface area contributed by atoms with E-state index in [0.717, 1.165) is 47.4 Å². The smallest absolute Gasteiger partial charge is 0.163 e. The third-order valence-corrected chi connectivity index (χ3v) is 9.69. The molecule has 42 heavy (non-hydrogen) atoms. The summed E-state index contributed by atoms with van der Waals surface area (Å²) in [4.78, 5) is 9.68. The van der Waals surface area contributed by atoms with Gasteiger partial charge in [0.15, 0.2) is 5.79 Å². The maximum atomic E-state index is 6.64. The van der Waals surface area contributed by atoms with E-state index in [1.807, 2.05) is 24.4 Å². The zero-order valence-electron chi connectivity index (χ0n) is 24.3. The first kappa shape index (κ1) is 25.7. The average molecular weight is 561 g/mol.